The maximum absolute atomic E-state index is 13.0. The van der Waals surface area contributed by atoms with Gasteiger partial charge in [0.15, 0.2) is 0 Å². The Labute approximate surface area is 165 Å². The molecule has 0 radical (unpaired) electrons. The highest BCUT2D eigenvalue weighted by molar-refractivity contribution is 6.07. The van der Waals surface area contributed by atoms with Gasteiger partial charge in [-0.3, -0.25) is 9.59 Å². The van der Waals surface area contributed by atoms with Crippen LogP contribution in [-0.4, -0.2) is 18.4 Å². The normalized spacial score (nSPS) is 10.4. The zero-order valence-corrected chi connectivity index (χ0v) is 16.2. The average Bonchev–Trinajstić information content (AvgIpc) is 2.73. The molecule has 0 saturated carbocycles. The van der Waals surface area contributed by atoms with E-state index in [2.05, 4.69) is 5.32 Å². The van der Waals surface area contributed by atoms with Gasteiger partial charge in [-0.05, 0) is 55.3 Å². The fraction of sp³-hybridized carbons (Fsp3) is 0.167. The summed E-state index contributed by atoms with van der Waals surface area (Å²) >= 11 is 0. The van der Waals surface area contributed by atoms with Crippen LogP contribution in [0.4, 0.5) is 5.69 Å². The van der Waals surface area contributed by atoms with Crippen LogP contribution in [0.5, 0.6) is 0 Å². The van der Waals surface area contributed by atoms with Gasteiger partial charge >= 0.3 is 0 Å². The first-order chi connectivity index (χ1) is 13.6. The summed E-state index contributed by atoms with van der Waals surface area (Å²) in [4.78, 5) is 27.3. The molecule has 0 fully saturated rings. The molecule has 3 aromatic rings. The van der Waals surface area contributed by atoms with E-state index in [4.69, 9.17) is 0 Å². The number of benzene rings is 3. The van der Waals surface area contributed by atoms with Gasteiger partial charge in [-0.2, -0.15) is 0 Å². The van der Waals surface area contributed by atoms with Crippen molar-refractivity contribution in [3.8, 4) is 0 Å². The largest absolute Gasteiger partial charge is 0.348 e. The number of amides is 2. The van der Waals surface area contributed by atoms with Crippen LogP contribution in [0.1, 0.15) is 38.8 Å². The first-order valence-electron chi connectivity index (χ1n) is 9.39. The van der Waals surface area contributed by atoms with Crippen LogP contribution in [0.3, 0.4) is 0 Å². The Morgan fingerprint density at radius 3 is 2.29 bits per heavy atom. The lowest BCUT2D eigenvalue weighted by Gasteiger charge is -2.22. The lowest BCUT2D eigenvalue weighted by Crippen LogP contribution is -2.31. The van der Waals surface area contributed by atoms with Crippen molar-refractivity contribution in [2.45, 2.75) is 20.4 Å². The number of anilines is 1. The molecule has 0 saturated heterocycles. The third-order valence-corrected chi connectivity index (χ3v) is 4.54. The van der Waals surface area contributed by atoms with Gasteiger partial charge in [-0.15, -0.1) is 0 Å². The number of nitrogens with zero attached hydrogens (tertiary/aromatic N) is 1. The number of nitrogens with one attached hydrogen (secondary N) is 1. The number of aryl methyl sites for hydroxylation is 1. The second-order valence-corrected chi connectivity index (χ2v) is 6.64. The monoisotopic (exact) mass is 372 g/mol. The van der Waals surface area contributed by atoms with Crippen LogP contribution >= 0.6 is 0 Å². The summed E-state index contributed by atoms with van der Waals surface area (Å²) in [5, 5.41) is 2.90. The van der Waals surface area contributed by atoms with Gasteiger partial charge in [0.25, 0.3) is 11.8 Å². The Morgan fingerprint density at radius 1 is 0.857 bits per heavy atom. The van der Waals surface area contributed by atoms with E-state index >= 15 is 0 Å². The molecule has 0 spiro atoms. The lowest BCUT2D eigenvalue weighted by molar-refractivity contribution is 0.0951. The minimum Gasteiger partial charge on any atom is -0.348 e. The Morgan fingerprint density at radius 2 is 1.57 bits per heavy atom. The highest BCUT2D eigenvalue weighted by Gasteiger charge is 2.17. The van der Waals surface area contributed by atoms with Crippen LogP contribution in [0.25, 0.3) is 0 Å². The van der Waals surface area contributed by atoms with E-state index in [-0.39, 0.29) is 11.8 Å². The van der Waals surface area contributed by atoms with Gasteiger partial charge in [-0.25, -0.2) is 0 Å². The molecule has 0 aromatic heterocycles. The quantitative estimate of drug-likeness (QED) is 0.688. The van der Waals surface area contributed by atoms with Crippen LogP contribution < -0.4 is 10.2 Å². The van der Waals surface area contributed by atoms with Crippen molar-refractivity contribution in [1.29, 1.82) is 0 Å². The molecule has 2 amide bonds. The first kappa shape index (κ1) is 19.4. The summed E-state index contributed by atoms with van der Waals surface area (Å²) in [5.74, 6) is -0.317. The molecular weight excluding hydrogens is 348 g/mol. The molecule has 0 unspecified atom stereocenters. The molecule has 0 bridgehead atoms. The topological polar surface area (TPSA) is 49.4 Å². The van der Waals surface area contributed by atoms with Crippen molar-refractivity contribution >= 4 is 17.5 Å². The Bertz CT molecular complexity index is 967. The second kappa shape index (κ2) is 9.00. The summed E-state index contributed by atoms with van der Waals surface area (Å²) in [6, 6.07) is 24.4. The average molecular weight is 372 g/mol. The van der Waals surface area contributed by atoms with Crippen molar-refractivity contribution in [2.24, 2.45) is 0 Å². The summed E-state index contributed by atoms with van der Waals surface area (Å²) in [5.41, 5.74) is 3.95. The molecule has 0 heterocycles. The fourth-order valence-corrected chi connectivity index (χ4v) is 3.07. The maximum Gasteiger partial charge on any atom is 0.258 e. The van der Waals surface area contributed by atoms with Crippen LogP contribution in [-0.2, 0) is 6.54 Å². The van der Waals surface area contributed by atoms with E-state index in [1.165, 1.54) is 0 Å². The maximum atomic E-state index is 13.0. The molecule has 142 valence electrons. The van der Waals surface area contributed by atoms with Crippen molar-refractivity contribution in [3.63, 3.8) is 0 Å². The molecule has 0 aliphatic carbocycles. The third-order valence-electron chi connectivity index (χ3n) is 4.54. The third kappa shape index (κ3) is 4.65. The smallest absolute Gasteiger partial charge is 0.258 e. The molecule has 4 heteroatoms. The second-order valence-electron chi connectivity index (χ2n) is 6.64. The highest BCUT2D eigenvalue weighted by Crippen LogP contribution is 2.19. The minimum absolute atomic E-state index is 0.120. The van der Waals surface area contributed by atoms with Crippen LogP contribution in [0.2, 0.25) is 0 Å². The summed E-state index contributed by atoms with van der Waals surface area (Å²) in [6.07, 6.45) is 0. The Balaban J connectivity index is 1.76. The zero-order valence-electron chi connectivity index (χ0n) is 16.2. The van der Waals surface area contributed by atoms with Crippen molar-refractivity contribution < 1.29 is 9.59 Å². The van der Waals surface area contributed by atoms with Gasteiger partial charge in [0.05, 0.1) is 0 Å². The Kier molecular flexibility index (Phi) is 6.22. The highest BCUT2D eigenvalue weighted by atomic mass is 16.2. The number of carbonyl (C=O) groups excluding carboxylic acids is 2. The molecule has 3 aromatic carbocycles. The summed E-state index contributed by atoms with van der Waals surface area (Å²) < 4.78 is 0. The predicted octanol–water partition coefficient (Wildman–Crippen LogP) is 4.59. The standard InChI is InChI=1S/C24H24N2O2/c1-3-26(22-14-7-9-18(2)15-22)24(28)21-13-8-12-20(16-21)23(27)25-17-19-10-5-4-6-11-19/h4-16H,3,17H2,1-2H3,(H,25,27). The van der Waals surface area contributed by atoms with Gasteiger partial charge in [0.1, 0.15) is 0 Å². The van der Waals surface area contributed by atoms with E-state index in [0.29, 0.717) is 24.2 Å². The Hall–Kier alpha value is -3.40. The first-order valence-corrected chi connectivity index (χ1v) is 9.39. The van der Waals surface area contributed by atoms with Crippen molar-refractivity contribution in [2.75, 3.05) is 11.4 Å². The molecule has 28 heavy (non-hydrogen) atoms. The van der Waals surface area contributed by atoms with Crippen molar-refractivity contribution in [1.82, 2.24) is 5.32 Å². The summed E-state index contributed by atoms with van der Waals surface area (Å²) in [6.45, 7) is 4.94. The van der Waals surface area contributed by atoms with Gasteiger partial charge in [-0.1, -0.05) is 48.5 Å². The molecule has 1 N–H and O–H groups in total. The zero-order chi connectivity index (χ0) is 19.9. The van der Waals surface area contributed by atoms with E-state index < -0.39 is 0 Å². The van der Waals surface area contributed by atoms with Gasteiger partial charge in [0, 0.05) is 29.9 Å². The van der Waals surface area contributed by atoms with Crippen molar-refractivity contribution in [3.05, 3.63) is 101 Å². The molecule has 4 nitrogen and oxygen atoms in total. The van der Waals surface area contributed by atoms with Crippen LogP contribution in [0.15, 0.2) is 78.9 Å². The molecular formula is C24H24N2O2. The molecule has 0 atom stereocenters. The van der Waals surface area contributed by atoms with Gasteiger partial charge < -0.3 is 10.2 Å². The number of hydrogen-bond acceptors (Lipinski definition) is 2. The van der Waals surface area contributed by atoms with Gasteiger partial charge in [0.2, 0.25) is 0 Å². The predicted molar refractivity (Wildman–Crippen MR) is 113 cm³/mol. The minimum atomic E-state index is -0.197. The molecule has 3 rings (SSSR count). The van der Waals surface area contributed by atoms with E-state index in [0.717, 1.165) is 16.8 Å². The number of carbonyl (C=O) groups is 2. The molecule has 0 aliphatic rings. The number of hydrogen-bond donors (Lipinski definition) is 1. The van der Waals surface area contributed by atoms with Crippen LogP contribution in [0, 0.1) is 6.92 Å². The summed E-state index contributed by atoms with van der Waals surface area (Å²) in [7, 11) is 0. The fourth-order valence-electron chi connectivity index (χ4n) is 3.07. The SMILES string of the molecule is CCN(C(=O)c1cccc(C(=O)NCc2ccccc2)c1)c1cccc(C)c1. The lowest BCUT2D eigenvalue weighted by atomic mass is 10.1. The number of rotatable bonds is 6. The van der Waals surface area contributed by atoms with E-state index in [1.54, 1.807) is 29.2 Å². The molecule has 0 aliphatic heterocycles. The van der Waals surface area contributed by atoms with E-state index in [1.807, 2.05) is 68.4 Å². The van der Waals surface area contributed by atoms with E-state index in [9.17, 15) is 9.59 Å².